The Hall–Kier alpha value is -2.34. The first-order chi connectivity index (χ1) is 10.7. The molecule has 2 rings (SSSR count). The summed E-state index contributed by atoms with van der Waals surface area (Å²) in [5.41, 5.74) is 9.46. The lowest BCUT2D eigenvalue weighted by Crippen LogP contribution is -2.15. The van der Waals surface area contributed by atoms with Gasteiger partial charge in [-0.05, 0) is 61.4 Å². The Balaban J connectivity index is 2.38. The number of hydrogen-bond acceptors (Lipinski definition) is 4. The van der Waals surface area contributed by atoms with Gasteiger partial charge in [0.05, 0.1) is 17.7 Å². The first-order valence-corrected chi connectivity index (χ1v) is 8.91. The number of ether oxygens (including phenoxy) is 1. The number of sulfone groups is 1. The molecule has 6 heteroatoms. The van der Waals surface area contributed by atoms with Crippen molar-refractivity contribution in [2.45, 2.75) is 18.7 Å². The monoisotopic (exact) mass is 332 g/mol. The van der Waals surface area contributed by atoms with Gasteiger partial charge in [0.15, 0.2) is 9.84 Å². The second-order valence-electron chi connectivity index (χ2n) is 5.40. The minimum absolute atomic E-state index is 0.256. The molecule has 0 heterocycles. The van der Waals surface area contributed by atoms with E-state index in [1.54, 1.807) is 19.2 Å². The second-order valence-corrected chi connectivity index (χ2v) is 7.42. The van der Waals surface area contributed by atoms with Crippen molar-refractivity contribution in [1.29, 1.82) is 0 Å². The van der Waals surface area contributed by atoms with Gasteiger partial charge in [-0.1, -0.05) is 0 Å². The molecule has 0 spiro atoms. The molecule has 0 amide bonds. The lowest BCUT2D eigenvalue weighted by atomic mass is 10.0. The third-order valence-corrected chi connectivity index (χ3v) is 4.66. The van der Waals surface area contributed by atoms with E-state index in [0.29, 0.717) is 11.5 Å². The van der Waals surface area contributed by atoms with Gasteiger partial charge in [0.2, 0.25) is 0 Å². The van der Waals surface area contributed by atoms with Crippen molar-refractivity contribution in [1.82, 2.24) is 0 Å². The van der Waals surface area contributed by atoms with Crippen LogP contribution in [0, 0.1) is 13.8 Å². The molecule has 122 valence electrons. The van der Waals surface area contributed by atoms with E-state index in [1.807, 2.05) is 26.0 Å². The van der Waals surface area contributed by atoms with Crippen molar-refractivity contribution >= 4 is 21.4 Å². The summed E-state index contributed by atoms with van der Waals surface area (Å²) in [5, 5.41) is 0. The number of aryl methyl sites for hydroxylation is 2. The molecule has 0 radical (unpaired) electrons. The van der Waals surface area contributed by atoms with E-state index in [4.69, 9.17) is 10.5 Å². The van der Waals surface area contributed by atoms with Gasteiger partial charge in [0.25, 0.3) is 0 Å². The van der Waals surface area contributed by atoms with E-state index in [0.717, 1.165) is 22.4 Å². The first kappa shape index (κ1) is 17.0. The summed E-state index contributed by atoms with van der Waals surface area (Å²) >= 11 is 0. The van der Waals surface area contributed by atoms with E-state index >= 15 is 0 Å². The fraction of sp³-hybridized carbons (Fsp3) is 0.235. The maximum atomic E-state index is 11.5. The van der Waals surface area contributed by atoms with Gasteiger partial charge in [-0.15, -0.1) is 0 Å². The zero-order chi connectivity index (χ0) is 17.2. The highest BCUT2D eigenvalue weighted by Gasteiger charge is 2.09. The minimum Gasteiger partial charge on any atom is -0.496 e. The molecule has 0 unspecified atom stereocenters. The highest BCUT2D eigenvalue weighted by Crippen LogP contribution is 2.23. The Morgan fingerprint density at radius 1 is 1.09 bits per heavy atom. The van der Waals surface area contributed by atoms with Crippen LogP contribution in [0.2, 0.25) is 0 Å². The number of hydrogen-bond donors (Lipinski definition) is 1. The number of nitrogens with zero attached hydrogens (tertiary/aromatic N) is 1. The van der Waals surface area contributed by atoms with Crippen LogP contribution in [0.3, 0.4) is 0 Å². The molecule has 5 nitrogen and oxygen atoms in total. The average molecular weight is 332 g/mol. The topological polar surface area (TPSA) is 81.8 Å². The van der Waals surface area contributed by atoms with E-state index < -0.39 is 9.84 Å². The summed E-state index contributed by atoms with van der Waals surface area (Å²) in [6.45, 7) is 3.88. The predicted octanol–water partition coefficient (Wildman–Crippen LogP) is 2.75. The summed E-state index contributed by atoms with van der Waals surface area (Å²) < 4.78 is 28.2. The molecule has 0 bridgehead atoms. The maximum absolute atomic E-state index is 11.5. The molecule has 0 atom stereocenters. The van der Waals surface area contributed by atoms with Gasteiger partial charge in [-0.3, -0.25) is 0 Å². The molecular formula is C17H20N2O3S. The van der Waals surface area contributed by atoms with E-state index in [1.165, 1.54) is 18.4 Å². The maximum Gasteiger partial charge on any atom is 0.175 e. The lowest BCUT2D eigenvalue weighted by Gasteiger charge is -2.11. The highest BCUT2D eigenvalue weighted by molar-refractivity contribution is 7.90. The highest BCUT2D eigenvalue weighted by atomic mass is 32.2. The zero-order valence-electron chi connectivity index (χ0n) is 13.6. The number of nitrogens with two attached hydrogens (primary N) is 1. The molecule has 0 saturated carbocycles. The Morgan fingerprint density at radius 2 is 1.70 bits per heavy atom. The summed E-state index contributed by atoms with van der Waals surface area (Å²) in [6, 6.07) is 10.2. The lowest BCUT2D eigenvalue weighted by molar-refractivity contribution is 0.411. The number of benzene rings is 2. The molecule has 2 aromatic rings. The Kier molecular flexibility index (Phi) is 4.75. The molecule has 23 heavy (non-hydrogen) atoms. The molecule has 0 aliphatic carbocycles. The summed E-state index contributed by atoms with van der Waals surface area (Å²) in [4.78, 5) is 4.62. The van der Waals surface area contributed by atoms with Crippen molar-refractivity contribution in [3.05, 3.63) is 53.1 Å². The van der Waals surface area contributed by atoms with Crippen LogP contribution < -0.4 is 10.5 Å². The minimum atomic E-state index is -3.21. The molecular weight excluding hydrogens is 312 g/mol. The van der Waals surface area contributed by atoms with E-state index in [-0.39, 0.29) is 4.90 Å². The van der Waals surface area contributed by atoms with Gasteiger partial charge in [-0.25, -0.2) is 13.4 Å². The van der Waals surface area contributed by atoms with Crippen molar-refractivity contribution in [2.24, 2.45) is 10.7 Å². The first-order valence-electron chi connectivity index (χ1n) is 7.02. The predicted molar refractivity (Wildman–Crippen MR) is 92.4 cm³/mol. The molecule has 0 aliphatic heterocycles. The van der Waals surface area contributed by atoms with Crippen LogP contribution in [0.1, 0.15) is 16.7 Å². The van der Waals surface area contributed by atoms with E-state index in [2.05, 4.69) is 4.99 Å². The quantitative estimate of drug-likeness (QED) is 0.689. The van der Waals surface area contributed by atoms with Crippen LogP contribution in [0.4, 0.5) is 5.69 Å². The second kappa shape index (κ2) is 6.42. The van der Waals surface area contributed by atoms with Gasteiger partial charge in [-0.2, -0.15) is 0 Å². The summed E-state index contributed by atoms with van der Waals surface area (Å²) in [7, 11) is -1.59. The van der Waals surface area contributed by atoms with Crippen LogP contribution in [-0.4, -0.2) is 27.6 Å². The van der Waals surface area contributed by atoms with Crippen LogP contribution >= 0.6 is 0 Å². The zero-order valence-corrected chi connectivity index (χ0v) is 14.4. The fourth-order valence-corrected chi connectivity index (χ4v) is 2.88. The fourth-order valence-electron chi connectivity index (χ4n) is 2.25. The Morgan fingerprint density at radius 3 is 2.22 bits per heavy atom. The van der Waals surface area contributed by atoms with Gasteiger partial charge >= 0.3 is 0 Å². The Labute approximate surface area is 136 Å². The molecule has 0 aliphatic rings. The van der Waals surface area contributed by atoms with Gasteiger partial charge < -0.3 is 10.5 Å². The Bertz CT molecular complexity index is 854. The molecule has 0 aromatic heterocycles. The van der Waals surface area contributed by atoms with Gasteiger partial charge in [0.1, 0.15) is 11.6 Å². The largest absolute Gasteiger partial charge is 0.496 e. The van der Waals surface area contributed by atoms with Crippen LogP contribution in [-0.2, 0) is 9.84 Å². The standard InChI is InChI=1S/C17H20N2O3S/c1-11-10-16(22-3)12(2)9-15(11)17(18)19-13-5-7-14(8-6-13)23(4,20)21/h5-10H,1-4H3,(H2,18,19). The van der Waals surface area contributed by atoms with E-state index in [9.17, 15) is 8.42 Å². The smallest absolute Gasteiger partial charge is 0.175 e. The molecule has 2 N–H and O–H groups in total. The number of amidine groups is 1. The van der Waals surface area contributed by atoms with Crippen LogP contribution in [0.25, 0.3) is 0 Å². The van der Waals surface area contributed by atoms with Crippen LogP contribution in [0.15, 0.2) is 46.3 Å². The van der Waals surface area contributed by atoms with Crippen LogP contribution in [0.5, 0.6) is 5.75 Å². The SMILES string of the molecule is COc1cc(C)c(C(N)=Nc2ccc(S(C)(=O)=O)cc2)cc1C. The van der Waals surface area contributed by atoms with Crippen molar-refractivity contribution in [3.63, 3.8) is 0 Å². The number of rotatable bonds is 4. The number of aliphatic imine (C=N–C) groups is 1. The summed E-state index contributed by atoms with van der Waals surface area (Å²) in [6.07, 6.45) is 1.17. The molecule has 0 fully saturated rings. The molecule has 0 saturated heterocycles. The van der Waals surface area contributed by atoms with Crippen molar-refractivity contribution in [3.8, 4) is 5.75 Å². The molecule has 2 aromatic carbocycles. The third-order valence-electron chi connectivity index (χ3n) is 3.53. The van der Waals surface area contributed by atoms with Crippen molar-refractivity contribution in [2.75, 3.05) is 13.4 Å². The normalized spacial score (nSPS) is 12.3. The average Bonchev–Trinajstić information content (AvgIpc) is 2.48. The number of methoxy groups -OCH3 is 1. The summed E-state index contributed by atoms with van der Waals surface area (Å²) in [5.74, 6) is 1.18. The third kappa shape index (κ3) is 3.90. The van der Waals surface area contributed by atoms with Crippen molar-refractivity contribution < 1.29 is 13.2 Å². The van der Waals surface area contributed by atoms with Gasteiger partial charge in [0, 0.05) is 11.8 Å².